The van der Waals surface area contributed by atoms with Gasteiger partial charge in [-0.1, -0.05) is 91.0 Å². The van der Waals surface area contributed by atoms with E-state index in [1.807, 2.05) is 91.0 Å². The van der Waals surface area contributed by atoms with Crippen molar-refractivity contribution >= 4 is 13.4 Å². The van der Waals surface area contributed by atoms with E-state index >= 15 is 0 Å². The molecule has 3 aromatic carbocycles. The highest BCUT2D eigenvalue weighted by molar-refractivity contribution is 7.53. The molecule has 186 valence electrons. The van der Waals surface area contributed by atoms with Crippen LogP contribution in [0.4, 0.5) is 0 Å². The summed E-state index contributed by atoms with van der Waals surface area (Å²) in [5, 5.41) is 4.69. The van der Waals surface area contributed by atoms with Crippen LogP contribution in [0.3, 0.4) is 0 Å². The van der Waals surface area contributed by atoms with Crippen LogP contribution in [0.5, 0.6) is 0 Å². The number of hydrogen-bond acceptors (Lipinski definition) is 6. The second-order valence-corrected chi connectivity index (χ2v) is 10.3. The van der Waals surface area contributed by atoms with Crippen LogP contribution < -0.4 is 0 Å². The molecule has 0 aliphatic rings. The van der Waals surface area contributed by atoms with Crippen LogP contribution in [0.2, 0.25) is 0 Å². The van der Waals surface area contributed by atoms with Gasteiger partial charge in [-0.05, 0) is 30.5 Å². The highest BCUT2D eigenvalue weighted by atomic mass is 31.2. The molecule has 0 amide bonds. The van der Waals surface area contributed by atoms with Crippen molar-refractivity contribution in [2.24, 2.45) is 0 Å². The van der Waals surface area contributed by atoms with Gasteiger partial charge in [-0.15, -0.1) is 5.10 Å². The zero-order chi connectivity index (χ0) is 25.4. The molecule has 0 unspecified atom stereocenters. The van der Waals surface area contributed by atoms with Crippen LogP contribution in [0.25, 0.3) is 0 Å². The lowest BCUT2D eigenvalue weighted by Crippen LogP contribution is -2.38. The standard InChI is InChI=1S/C28H30N3O4P/c1-3-34-36(33,35-4-2)21-20-26(32)27-29-22-31(30-27)28(23-14-8-5-9-15-23,24-16-10-6-11-17-24)25-18-12-7-13-19-25/h5-19,22H,3-4,20-21H2,1-2H3. The molecule has 0 aliphatic heterocycles. The van der Waals surface area contributed by atoms with Crippen molar-refractivity contribution in [3.8, 4) is 0 Å². The Morgan fingerprint density at radius 3 is 1.67 bits per heavy atom. The third-order valence-electron chi connectivity index (χ3n) is 5.92. The third kappa shape index (κ3) is 5.24. The van der Waals surface area contributed by atoms with Crippen LogP contribution in [-0.4, -0.2) is 39.9 Å². The van der Waals surface area contributed by atoms with Gasteiger partial charge in [-0.25, -0.2) is 9.67 Å². The molecule has 0 radical (unpaired) electrons. The Balaban J connectivity index is 1.78. The highest BCUT2D eigenvalue weighted by Crippen LogP contribution is 2.48. The number of nitrogens with zero attached hydrogens (tertiary/aromatic N) is 3. The molecule has 0 atom stereocenters. The lowest BCUT2D eigenvalue weighted by molar-refractivity contribution is 0.0974. The Kier molecular flexibility index (Phi) is 8.26. The van der Waals surface area contributed by atoms with E-state index < -0.39 is 13.1 Å². The van der Waals surface area contributed by atoms with E-state index in [0.717, 1.165) is 16.7 Å². The Hall–Kier alpha value is -3.38. The number of carbonyl (C=O) groups excluding carboxylic acids is 1. The van der Waals surface area contributed by atoms with Gasteiger partial charge in [-0.2, -0.15) is 0 Å². The van der Waals surface area contributed by atoms with E-state index in [-0.39, 0.29) is 37.4 Å². The monoisotopic (exact) mass is 503 g/mol. The van der Waals surface area contributed by atoms with E-state index in [1.54, 1.807) is 24.9 Å². The molecule has 0 bridgehead atoms. The molecule has 0 N–H and O–H groups in total. The molecule has 4 rings (SSSR count). The van der Waals surface area contributed by atoms with Crippen molar-refractivity contribution in [2.75, 3.05) is 19.4 Å². The lowest BCUT2D eigenvalue weighted by Gasteiger charge is -2.35. The van der Waals surface area contributed by atoms with Gasteiger partial charge in [0.1, 0.15) is 11.9 Å². The molecular weight excluding hydrogens is 473 g/mol. The van der Waals surface area contributed by atoms with Gasteiger partial charge in [-0.3, -0.25) is 9.36 Å². The quantitative estimate of drug-likeness (QED) is 0.135. The molecule has 1 aromatic heterocycles. The number of Topliss-reactive ketones (excluding diaryl/α,β-unsaturated/α-hetero) is 1. The fraction of sp³-hybridized carbons (Fsp3) is 0.250. The normalized spacial score (nSPS) is 11.9. The van der Waals surface area contributed by atoms with Gasteiger partial charge in [0.25, 0.3) is 0 Å². The summed E-state index contributed by atoms with van der Waals surface area (Å²) >= 11 is 0. The maximum atomic E-state index is 13.1. The lowest BCUT2D eigenvalue weighted by atomic mass is 9.77. The minimum absolute atomic E-state index is 0.0246. The molecule has 8 heteroatoms. The summed E-state index contributed by atoms with van der Waals surface area (Å²) in [7, 11) is -3.35. The molecule has 36 heavy (non-hydrogen) atoms. The number of aromatic nitrogens is 3. The number of benzene rings is 3. The molecule has 0 fully saturated rings. The van der Waals surface area contributed by atoms with Crippen molar-refractivity contribution in [1.82, 2.24) is 14.8 Å². The second-order valence-electron chi connectivity index (χ2n) is 8.16. The maximum absolute atomic E-state index is 13.1. The Labute approximate surface area is 211 Å². The van der Waals surface area contributed by atoms with E-state index in [9.17, 15) is 9.36 Å². The van der Waals surface area contributed by atoms with Gasteiger partial charge in [0.15, 0.2) is 0 Å². The summed E-state index contributed by atoms with van der Waals surface area (Å²) in [5.74, 6) is -0.266. The van der Waals surface area contributed by atoms with Gasteiger partial charge in [0.05, 0.1) is 19.4 Å². The SMILES string of the molecule is CCOP(=O)(CCC(=O)c1ncn(C(c2ccccc2)(c2ccccc2)c2ccccc2)n1)OCC. The average molecular weight is 504 g/mol. The van der Waals surface area contributed by atoms with Crippen molar-refractivity contribution in [2.45, 2.75) is 25.8 Å². The minimum atomic E-state index is -3.35. The number of carbonyl (C=O) groups is 1. The van der Waals surface area contributed by atoms with E-state index in [0.29, 0.717) is 0 Å². The largest absolute Gasteiger partial charge is 0.331 e. The third-order valence-corrected chi connectivity index (χ3v) is 8.00. The summed E-state index contributed by atoms with van der Waals surface area (Å²) in [4.78, 5) is 17.5. The molecule has 0 saturated carbocycles. The number of ketones is 1. The van der Waals surface area contributed by atoms with E-state index in [1.165, 1.54) is 0 Å². The van der Waals surface area contributed by atoms with Crippen LogP contribution in [0.15, 0.2) is 97.3 Å². The van der Waals surface area contributed by atoms with Crippen molar-refractivity contribution < 1.29 is 18.4 Å². The van der Waals surface area contributed by atoms with Crippen LogP contribution in [-0.2, 0) is 19.2 Å². The second kappa shape index (κ2) is 11.6. The van der Waals surface area contributed by atoms with Crippen molar-refractivity contribution in [3.05, 3.63) is 120 Å². The fourth-order valence-electron chi connectivity index (χ4n) is 4.40. The molecule has 0 aliphatic carbocycles. The fourth-order valence-corrected chi connectivity index (χ4v) is 5.99. The Morgan fingerprint density at radius 1 is 0.806 bits per heavy atom. The van der Waals surface area contributed by atoms with Gasteiger partial charge in [0, 0.05) is 6.42 Å². The van der Waals surface area contributed by atoms with E-state index in [4.69, 9.17) is 9.05 Å². The van der Waals surface area contributed by atoms with Crippen LogP contribution in [0.1, 0.15) is 47.6 Å². The summed E-state index contributed by atoms with van der Waals surface area (Å²) < 4.78 is 25.2. The highest BCUT2D eigenvalue weighted by Gasteiger charge is 2.40. The molecule has 1 heterocycles. The molecular formula is C28H30N3O4P. The summed E-state index contributed by atoms with van der Waals surface area (Å²) in [5.41, 5.74) is 2.07. The topological polar surface area (TPSA) is 83.3 Å². The predicted octanol–water partition coefficient (Wildman–Crippen LogP) is 5.96. The van der Waals surface area contributed by atoms with E-state index in [2.05, 4.69) is 10.1 Å². The molecule has 4 aromatic rings. The van der Waals surface area contributed by atoms with Crippen molar-refractivity contribution in [3.63, 3.8) is 0 Å². The first kappa shape index (κ1) is 25.7. The zero-order valence-electron chi connectivity index (χ0n) is 20.5. The first-order valence-corrected chi connectivity index (χ1v) is 13.8. The molecule has 0 saturated heterocycles. The summed E-state index contributed by atoms with van der Waals surface area (Å²) in [6, 6.07) is 30.1. The average Bonchev–Trinajstić information content (AvgIpc) is 3.41. The zero-order valence-corrected chi connectivity index (χ0v) is 21.4. The summed E-state index contributed by atoms with van der Waals surface area (Å²) in [6.45, 7) is 3.97. The first-order chi connectivity index (χ1) is 17.5. The van der Waals surface area contributed by atoms with Gasteiger partial charge < -0.3 is 9.05 Å². The van der Waals surface area contributed by atoms with Crippen LogP contribution >= 0.6 is 7.60 Å². The van der Waals surface area contributed by atoms with Gasteiger partial charge in [0.2, 0.25) is 11.6 Å². The molecule has 7 nitrogen and oxygen atoms in total. The smallest absolute Gasteiger partial charge is 0.309 e. The van der Waals surface area contributed by atoms with Crippen molar-refractivity contribution in [1.29, 1.82) is 0 Å². The maximum Gasteiger partial charge on any atom is 0.331 e. The molecule has 0 spiro atoms. The Bertz CT molecular complexity index is 1200. The van der Waals surface area contributed by atoms with Gasteiger partial charge >= 0.3 is 7.60 Å². The predicted molar refractivity (Wildman–Crippen MR) is 139 cm³/mol. The summed E-state index contributed by atoms with van der Waals surface area (Å²) in [6.07, 6.45) is 1.52. The van der Waals surface area contributed by atoms with Crippen LogP contribution in [0, 0.1) is 0 Å². The minimum Gasteiger partial charge on any atom is -0.309 e. The Morgan fingerprint density at radius 2 is 1.25 bits per heavy atom. The number of hydrogen-bond donors (Lipinski definition) is 0. The first-order valence-electron chi connectivity index (χ1n) is 12.0. The number of rotatable bonds is 12.